The summed E-state index contributed by atoms with van der Waals surface area (Å²) >= 11 is 3.31. The number of ether oxygens (including phenoxy) is 2. The number of hydrogen-bond donors (Lipinski definition) is 1. The molecular formula is C18H15BrN2O4. The molecule has 1 N–H and O–H groups in total. The molecule has 0 radical (unpaired) electrons. The van der Waals surface area contributed by atoms with E-state index < -0.39 is 18.0 Å². The number of nitrogens with one attached hydrogen (secondary N) is 1. The highest BCUT2D eigenvalue weighted by atomic mass is 79.9. The Morgan fingerprint density at radius 3 is 2.40 bits per heavy atom. The summed E-state index contributed by atoms with van der Waals surface area (Å²) in [6, 6.07) is 15.3. The van der Waals surface area contributed by atoms with Gasteiger partial charge in [0.2, 0.25) is 0 Å². The van der Waals surface area contributed by atoms with Gasteiger partial charge in [0.25, 0.3) is 5.91 Å². The summed E-state index contributed by atoms with van der Waals surface area (Å²) < 4.78 is 11.2. The van der Waals surface area contributed by atoms with Crippen LogP contribution < -0.4 is 10.1 Å². The second-order valence-corrected chi connectivity index (χ2v) is 5.97. The summed E-state index contributed by atoms with van der Waals surface area (Å²) in [5.41, 5.74) is 1.10. The lowest BCUT2D eigenvalue weighted by Gasteiger charge is -2.14. The van der Waals surface area contributed by atoms with Crippen LogP contribution in [0.1, 0.15) is 12.5 Å². The Balaban J connectivity index is 1.79. The van der Waals surface area contributed by atoms with E-state index in [0.29, 0.717) is 17.0 Å². The third-order valence-electron chi connectivity index (χ3n) is 3.13. The highest BCUT2D eigenvalue weighted by molar-refractivity contribution is 9.10. The number of anilines is 1. The summed E-state index contributed by atoms with van der Waals surface area (Å²) in [6.07, 6.45) is -0.958. The normalized spacial score (nSPS) is 11.1. The molecule has 128 valence electrons. The molecule has 0 aliphatic rings. The molecule has 0 fully saturated rings. The second kappa shape index (κ2) is 8.85. The van der Waals surface area contributed by atoms with Crippen LogP contribution in [0.15, 0.2) is 53.0 Å². The van der Waals surface area contributed by atoms with Crippen molar-refractivity contribution in [2.24, 2.45) is 0 Å². The van der Waals surface area contributed by atoms with Gasteiger partial charge in [0, 0.05) is 10.2 Å². The van der Waals surface area contributed by atoms with Gasteiger partial charge < -0.3 is 14.8 Å². The van der Waals surface area contributed by atoms with Crippen LogP contribution in [0.25, 0.3) is 0 Å². The maximum absolute atomic E-state index is 12.0. The zero-order chi connectivity index (χ0) is 18.2. The van der Waals surface area contributed by atoms with Crippen molar-refractivity contribution in [2.45, 2.75) is 13.0 Å². The first-order valence-corrected chi connectivity index (χ1v) is 8.16. The van der Waals surface area contributed by atoms with E-state index in [4.69, 9.17) is 14.7 Å². The maximum Gasteiger partial charge on any atom is 0.344 e. The largest absolute Gasteiger partial charge is 0.482 e. The first-order valence-electron chi connectivity index (χ1n) is 7.37. The molecule has 2 rings (SSSR count). The number of nitrogens with zero attached hydrogens (tertiary/aromatic N) is 1. The molecule has 0 aliphatic heterocycles. The lowest BCUT2D eigenvalue weighted by molar-refractivity contribution is -0.155. The van der Waals surface area contributed by atoms with Crippen LogP contribution >= 0.6 is 15.9 Å². The Hall–Kier alpha value is -2.85. The molecule has 0 spiro atoms. The molecule has 0 saturated carbocycles. The molecule has 0 bridgehead atoms. The van der Waals surface area contributed by atoms with Crippen LogP contribution in [0.3, 0.4) is 0 Å². The van der Waals surface area contributed by atoms with Crippen molar-refractivity contribution in [3.63, 3.8) is 0 Å². The van der Waals surface area contributed by atoms with Crippen molar-refractivity contribution in [3.05, 3.63) is 58.6 Å². The Morgan fingerprint density at radius 1 is 1.16 bits per heavy atom. The van der Waals surface area contributed by atoms with Crippen LogP contribution in [-0.4, -0.2) is 24.6 Å². The molecule has 6 nitrogen and oxygen atoms in total. The van der Waals surface area contributed by atoms with E-state index in [9.17, 15) is 9.59 Å². The van der Waals surface area contributed by atoms with Crippen molar-refractivity contribution >= 4 is 33.5 Å². The number of nitriles is 1. The Kier molecular flexibility index (Phi) is 6.54. The molecule has 0 unspecified atom stereocenters. The lowest BCUT2D eigenvalue weighted by atomic mass is 10.2. The van der Waals surface area contributed by atoms with E-state index in [-0.39, 0.29) is 6.61 Å². The third kappa shape index (κ3) is 5.94. The van der Waals surface area contributed by atoms with E-state index >= 15 is 0 Å². The molecule has 2 aromatic rings. The second-order valence-electron chi connectivity index (χ2n) is 5.05. The minimum atomic E-state index is -0.958. The monoisotopic (exact) mass is 402 g/mol. The SMILES string of the molecule is C[C@@H](OC(=O)COc1ccc(C#N)cc1)C(=O)Nc1ccc(Br)cc1. The number of hydrogen-bond acceptors (Lipinski definition) is 5. The Bertz CT molecular complexity index is 782. The highest BCUT2D eigenvalue weighted by Crippen LogP contribution is 2.15. The zero-order valence-electron chi connectivity index (χ0n) is 13.4. The summed E-state index contributed by atoms with van der Waals surface area (Å²) in [7, 11) is 0. The molecule has 7 heteroatoms. The fourth-order valence-electron chi connectivity index (χ4n) is 1.83. The molecule has 0 aromatic heterocycles. The number of amides is 1. The van der Waals surface area contributed by atoms with Crippen molar-refractivity contribution in [1.29, 1.82) is 5.26 Å². The number of benzene rings is 2. The number of halogens is 1. The minimum Gasteiger partial charge on any atom is -0.482 e. The van der Waals surface area contributed by atoms with Crippen LogP contribution in [0.4, 0.5) is 5.69 Å². The van der Waals surface area contributed by atoms with Crippen molar-refractivity contribution in [2.75, 3.05) is 11.9 Å². The quantitative estimate of drug-likeness (QED) is 0.748. The van der Waals surface area contributed by atoms with E-state index in [1.807, 2.05) is 6.07 Å². The van der Waals surface area contributed by atoms with Gasteiger partial charge in [0.15, 0.2) is 12.7 Å². The van der Waals surface area contributed by atoms with Gasteiger partial charge in [0.05, 0.1) is 11.6 Å². The van der Waals surface area contributed by atoms with Crippen LogP contribution in [0.5, 0.6) is 5.75 Å². The van der Waals surface area contributed by atoms with E-state index in [0.717, 1.165) is 4.47 Å². The van der Waals surface area contributed by atoms with Gasteiger partial charge in [-0.3, -0.25) is 4.79 Å². The molecular weight excluding hydrogens is 388 g/mol. The van der Waals surface area contributed by atoms with Gasteiger partial charge >= 0.3 is 5.97 Å². The molecule has 0 aliphatic carbocycles. The topological polar surface area (TPSA) is 88.4 Å². The predicted molar refractivity (Wildman–Crippen MR) is 95.0 cm³/mol. The standard InChI is InChI=1S/C18H15BrN2O4/c1-12(18(23)21-15-6-4-14(19)5-7-15)25-17(22)11-24-16-8-2-13(10-20)3-9-16/h2-9,12H,11H2,1H3,(H,21,23)/t12-/m1/s1. The average Bonchev–Trinajstić information content (AvgIpc) is 2.62. The third-order valence-corrected chi connectivity index (χ3v) is 3.66. The van der Waals surface area contributed by atoms with Crippen LogP contribution in [0.2, 0.25) is 0 Å². The van der Waals surface area contributed by atoms with Crippen LogP contribution in [0, 0.1) is 11.3 Å². The van der Waals surface area contributed by atoms with E-state index in [2.05, 4.69) is 21.2 Å². The van der Waals surface area contributed by atoms with Crippen LogP contribution in [-0.2, 0) is 14.3 Å². The summed E-state index contributed by atoms with van der Waals surface area (Å²) in [6.45, 7) is 1.15. The van der Waals surface area contributed by atoms with Gasteiger partial charge in [-0.15, -0.1) is 0 Å². The number of rotatable bonds is 6. The molecule has 1 atom stereocenters. The Morgan fingerprint density at radius 2 is 1.80 bits per heavy atom. The highest BCUT2D eigenvalue weighted by Gasteiger charge is 2.18. The number of carbonyl (C=O) groups excluding carboxylic acids is 2. The van der Waals surface area contributed by atoms with Crippen molar-refractivity contribution in [1.82, 2.24) is 0 Å². The van der Waals surface area contributed by atoms with Gasteiger partial charge in [-0.1, -0.05) is 15.9 Å². The van der Waals surface area contributed by atoms with Gasteiger partial charge in [0.1, 0.15) is 5.75 Å². The fourth-order valence-corrected chi connectivity index (χ4v) is 2.09. The molecule has 0 heterocycles. The molecule has 1 amide bonds. The van der Waals surface area contributed by atoms with Gasteiger partial charge in [-0.25, -0.2) is 4.79 Å². The predicted octanol–water partition coefficient (Wildman–Crippen LogP) is 3.27. The summed E-state index contributed by atoms with van der Waals surface area (Å²) in [4.78, 5) is 23.8. The maximum atomic E-state index is 12.0. The first kappa shape index (κ1) is 18.5. The smallest absolute Gasteiger partial charge is 0.344 e. The van der Waals surface area contributed by atoms with Gasteiger partial charge in [-0.05, 0) is 55.5 Å². The lowest BCUT2D eigenvalue weighted by Crippen LogP contribution is -2.31. The number of carbonyl (C=O) groups is 2. The fraction of sp³-hybridized carbons (Fsp3) is 0.167. The van der Waals surface area contributed by atoms with Gasteiger partial charge in [-0.2, -0.15) is 5.26 Å². The summed E-state index contributed by atoms with van der Waals surface area (Å²) in [5.74, 6) is -0.667. The molecule has 2 aromatic carbocycles. The Labute approximate surface area is 153 Å². The molecule has 0 saturated heterocycles. The van der Waals surface area contributed by atoms with E-state index in [1.165, 1.54) is 6.92 Å². The average molecular weight is 403 g/mol. The van der Waals surface area contributed by atoms with Crippen molar-refractivity contribution in [3.8, 4) is 11.8 Å². The minimum absolute atomic E-state index is 0.332. The summed E-state index contributed by atoms with van der Waals surface area (Å²) in [5, 5.41) is 11.4. The van der Waals surface area contributed by atoms with E-state index in [1.54, 1.807) is 48.5 Å². The number of esters is 1. The first-order chi connectivity index (χ1) is 12.0. The zero-order valence-corrected chi connectivity index (χ0v) is 14.9. The molecule has 25 heavy (non-hydrogen) atoms. The van der Waals surface area contributed by atoms with Crippen molar-refractivity contribution < 1.29 is 19.1 Å².